The van der Waals surface area contributed by atoms with Crippen molar-refractivity contribution in [3.8, 4) is 0 Å². The predicted octanol–water partition coefficient (Wildman–Crippen LogP) is 4.67. The summed E-state index contributed by atoms with van der Waals surface area (Å²) >= 11 is 0. The zero-order valence-corrected chi connectivity index (χ0v) is 19.3. The molecular weight excluding hydrogens is 432 g/mol. The third-order valence-corrected chi connectivity index (χ3v) is 5.57. The molecule has 1 heterocycles. The molecule has 0 saturated carbocycles. The van der Waals surface area contributed by atoms with Crippen molar-refractivity contribution in [2.24, 2.45) is 0 Å². The van der Waals surface area contributed by atoms with Gasteiger partial charge in [0.15, 0.2) is 0 Å². The first-order chi connectivity index (χ1) is 16.2. The van der Waals surface area contributed by atoms with Gasteiger partial charge in [-0.2, -0.15) is 0 Å². The molecule has 2 amide bonds. The molecule has 0 bridgehead atoms. The average Bonchev–Trinajstić information content (AvgIpc) is 3.02. The maximum absolute atomic E-state index is 13.6. The lowest BCUT2D eigenvalue weighted by molar-refractivity contribution is -0.384. The minimum atomic E-state index is -0.507. The highest BCUT2D eigenvalue weighted by Crippen LogP contribution is 2.35. The highest BCUT2D eigenvalue weighted by atomic mass is 16.6. The number of aryl methyl sites for hydroxylation is 2. The average molecular weight is 457 g/mol. The Hall–Kier alpha value is -4.46. The number of nitro benzene ring substituents is 1. The molecule has 34 heavy (non-hydrogen) atoms. The van der Waals surface area contributed by atoms with E-state index in [4.69, 9.17) is 0 Å². The van der Waals surface area contributed by atoms with Crippen molar-refractivity contribution in [3.63, 3.8) is 0 Å². The van der Waals surface area contributed by atoms with Crippen molar-refractivity contribution < 1.29 is 14.5 Å². The predicted molar refractivity (Wildman–Crippen MR) is 133 cm³/mol. The van der Waals surface area contributed by atoms with Crippen molar-refractivity contribution in [1.29, 1.82) is 0 Å². The van der Waals surface area contributed by atoms with Crippen LogP contribution in [0.3, 0.4) is 0 Å². The van der Waals surface area contributed by atoms with Crippen molar-refractivity contribution in [1.82, 2.24) is 0 Å². The Morgan fingerprint density at radius 2 is 1.44 bits per heavy atom. The van der Waals surface area contributed by atoms with Crippen LogP contribution in [0.2, 0.25) is 0 Å². The molecule has 1 aliphatic heterocycles. The molecule has 0 unspecified atom stereocenters. The van der Waals surface area contributed by atoms with Gasteiger partial charge in [0, 0.05) is 37.6 Å². The van der Waals surface area contributed by atoms with Crippen molar-refractivity contribution in [2.75, 3.05) is 29.2 Å². The van der Waals surface area contributed by atoms with E-state index in [2.05, 4.69) is 5.32 Å². The van der Waals surface area contributed by atoms with Crippen LogP contribution in [0.15, 0.2) is 72.4 Å². The highest BCUT2D eigenvalue weighted by Gasteiger charge is 2.40. The molecule has 172 valence electrons. The number of hydrogen-bond donors (Lipinski definition) is 1. The topological polar surface area (TPSA) is 95.8 Å². The maximum atomic E-state index is 13.6. The molecule has 0 spiro atoms. The van der Waals surface area contributed by atoms with Gasteiger partial charge in [-0.1, -0.05) is 6.07 Å². The SMILES string of the molecule is Cc1cc(C)cc(N2C(=O)C(Nc3ccc(N(C)C)cc3)=C(c3ccc([N+](=O)[O-])cc3)C2=O)c1. The fourth-order valence-electron chi connectivity index (χ4n) is 3.96. The van der Waals surface area contributed by atoms with Crippen LogP contribution in [-0.4, -0.2) is 30.8 Å². The quantitative estimate of drug-likeness (QED) is 0.329. The van der Waals surface area contributed by atoms with Crippen LogP contribution in [0.1, 0.15) is 16.7 Å². The Bertz CT molecular complexity index is 1310. The Morgan fingerprint density at radius 1 is 0.853 bits per heavy atom. The van der Waals surface area contributed by atoms with Crippen LogP contribution >= 0.6 is 0 Å². The Labute approximate surface area is 197 Å². The normalized spacial score (nSPS) is 13.5. The molecule has 0 saturated heterocycles. The fraction of sp³-hybridized carbons (Fsp3) is 0.154. The first-order valence-electron chi connectivity index (χ1n) is 10.7. The third-order valence-electron chi connectivity index (χ3n) is 5.57. The Kier molecular flexibility index (Phi) is 5.89. The van der Waals surface area contributed by atoms with Gasteiger partial charge < -0.3 is 10.2 Å². The van der Waals surface area contributed by atoms with Crippen molar-refractivity contribution in [2.45, 2.75) is 13.8 Å². The number of nitro groups is 1. The molecule has 1 aliphatic rings. The van der Waals surface area contributed by atoms with Crippen molar-refractivity contribution >= 4 is 40.1 Å². The standard InChI is InChI=1S/C26H24N4O4/c1-16-13-17(2)15-22(14-16)29-25(31)23(18-5-9-21(10-6-18)30(33)34)24(26(29)32)27-19-7-11-20(12-8-19)28(3)4/h5-15,27H,1-4H3. The number of imide groups is 1. The maximum Gasteiger partial charge on any atom is 0.282 e. The second kappa shape index (κ2) is 8.82. The first kappa shape index (κ1) is 22.7. The molecule has 1 N–H and O–H groups in total. The molecule has 0 atom stereocenters. The lowest BCUT2D eigenvalue weighted by Gasteiger charge is -2.17. The number of anilines is 3. The van der Waals surface area contributed by atoms with E-state index in [1.54, 1.807) is 12.1 Å². The van der Waals surface area contributed by atoms with Crippen molar-refractivity contribution in [3.05, 3.63) is 99.2 Å². The van der Waals surface area contributed by atoms with E-state index >= 15 is 0 Å². The van der Waals surface area contributed by atoms with E-state index in [0.29, 0.717) is 16.9 Å². The smallest absolute Gasteiger partial charge is 0.282 e. The van der Waals surface area contributed by atoms with E-state index < -0.39 is 16.7 Å². The number of amides is 2. The zero-order valence-electron chi connectivity index (χ0n) is 19.3. The molecule has 8 heteroatoms. The van der Waals surface area contributed by atoms with Gasteiger partial charge in [0.2, 0.25) is 0 Å². The summed E-state index contributed by atoms with van der Waals surface area (Å²) in [6.45, 7) is 3.80. The van der Waals surface area contributed by atoms with E-state index in [0.717, 1.165) is 21.7 Å². The summed E-state index contributed by atoms with van der Waals surface area (Å²) in [7, 11) is 3.86. The van der Waals surface area contributed by atoms with Gasteiger partial charge in [0.1, 0.15) is 5.70 Å². The fourth-order valence-corrected chi connectivity index (χ4v) is 3.96. The van der Waals surface area contributed by atoms with Crippen LogP contribution < -0.4 is 15.1 Å². The van der Waals surface area contributed by atoms with Crippen LogP contribution in [-0.2, 0) is 9.59 Å². The second-order valence-corrected chi connectivity index (χ2v) is 8.41. The molecule has 0 radical (unpaired) electrons. The molecule has 0 aromatic heterocycles. The number of carbonyl (C=O) groups excluding carboxylic acids is 2. The summed E-state index contributed by atoms with van der Waals surface area (Å²) in [5.41, 5.74) is 4.56. The Morgan fingerprint density at radius 3 is 1.97 bits per heavy atom. The Balaban J connectivity index is 1.80. The number of nitrogens with one attached hydrogen (secondary N) is 1. The molecule has 0 fully saturated rings. The van der Waals surface area contributed by atoms with Gasteiger partial charge >= 0.3 is 0 Å². The van der Waals surface area contributed by atoms with Gasteiger partial charge in [-0.15, -0.1) is 0 Å². The summed E-state index contributed by atoms with van der Waals surface area (Å²) in [6, 6.07) is 18.6. The zero-order chi connectivity index (χ0) is 24.6. The largest absolute Gasteiger partial charge is 0.378 e. The molecule has 3 aromatic rings. The van der Waals surface area contributed by atoms with E-state index in [9.17, 15) is 19.7 Å². The number of non-ortho nitro benzene ring substituents is 1. The summed E-state index contributed by atoms with van der Waals surface area (Å²) < 4.78 is 0. The monoisotopic (exact) mass is 456 g/mol. The highest BCUT2D eigenvalue weighted by molar-refractivity contribution is 6.46. The van der Waals surface area contributed by atoms with E-state index in [1.165, 1.54) is 24.3 Å². The molecule has 8 nitrogen and oxygen atoms in total. The number of nitrogens with zero attached hydrogens (tertiary/aromatic N) is 3. The lowest BCUT2D eigenvalue weighted by Crippen LogP contribution is -2.32. The minimum Gasteiger partial charge on any atom is -0.378 e. The summed E-state index contributed by atoms with van der Waals surface area (Å²) in [4.78, 5) is 40.8. The number of benzene rings is 3. The lowest BCUT2D eigenvalue weighted by atomic mass is 10.0. The number of carbonyl (C=O) groups is 2. The third kappa shape index (κ3) is 4.25. The summed E-state index contributed by atoms with van der Waals surface area (Å²) in [5.74, 6) is -0.976. The number of hydrogen-bond acceptors (Lipinski definition) is 6. The van der Waals surface area contributed by atoms with Gasteiger partial charge in [0.05, 0.1) is 16.2 Å². The van der Waals surface area contributed by atoms with Crippen LogP contribution in [0.5, 0.6) is 0 Å². The minimum absolute atomic E-state index is 0.0962. The summed E-state index contributed by atoms with van der Waals surface area (Å²) in [5, 5.41) is 14.2. The van der Waals surface area contributed by atoms with Crippen LogP contribution in [0, 0.1) is 24.0 Å². The van der Waals surface area contributed by atoms with E-state index in [1.807, 2.05) is 63.2 Å². The molecule has 3 aromatic carbocycles. The van der Waals surface area contributed by atoms with Crippen LogP contribution in [0.4, 0.5) is 22.7 Å². The van der Waals surface area contributed by atoms with Gasteiger partial charge in [0.25, 0.3) is 17.5 Å². The van der Waals surface area contributed by atoms with E-state index in [-0.39, 0.29) is 17.0 Å². The summed E-state index contributed by atoms with van der Waals surface area (Å²) in [6.07, 6.45) is 0. The van der Waals surface area contributed by atoms with Gasteiger partial charge in [-0.25, -0.2) is 4.90 Å². The number of rotatable bonds is 6. The van der Waals surface area contributed by atoms with Crippen LogP contribution in [0.25, 0.3) is 5.57 Å². The van der Waals surface area contributed by atoms with Gasteiger partial charge in [-0.3, -0.25) is 19.7 Å². The first-order valence-corrected chi connectivity index (χ1v) is 10.7. The molecule has 4 rings (SSSR count). The van der Waals surface area contributed by atoms with Gasteiger partial charge in [-0.05, 0) is 79.1 Å². The molecule has 0 aliphatic carbocycles. The molecular formula is C26H24N4O4. The second-order valence-electron chi connectivity index (χ2n) is 8.41.